The van der Waals surface area contributed by atoms with Crippen molar-refractivity contribution in [2.75, 3.05) is 0 Å². The summed E-state index contributed by atoms with van der Waals surface area (Å²) in [7, 11) is 0. The van der Waals surface area contributed by atoms with Gasteiger partial charge in [0.2, 0.25) is 0 Å². The number of hydrogen-bond donors (Lipinski definition) is 1. The Labute approximate surface area is 102 Å². The van der Waals surface area contributed by atoms with Gasteiger partial charge in [-0.25, -0.2) is 0 Å². The Kier molecular flexibility index (Phi) is 5.37. The molecule has 0 spiro atoms. The molecule has 0 heterocycles. The highest BCUT2D eigenvalue weighted by Crippen LogP contribution is 2.05. The molecule has 82 valence electrons. The zero-order chi connectivity index (χ0) is 11.8. The van der Waals surface area contributed by atoms with Gasteiger partial charge in [0.1, 0.15) is 6.29 Å². The third-order valence-corrected chi connectivity index (χ3v) is 2.27. The molecule has 2 aromatic rings. The van der Waals surface area contributed by atoms with Crippen molar-refractivity contribution in [1.82, 2.24) is 0 Å². The van der Waals surface area contributed by atoms with E-state index in [1.807, 2.05) is 18.2 Å². The van der Waals surface area contributed by atoms with Gasteiger partial charge in [0.05, 0.1) is 0 Å². The summed E-state index contributed by atoms with van der Waals surface area (Å²) in [4.78, 5) is 11.0. The summed E-state index contributed by atoms with van der Waals surface area (Å²) in [6.45, 7) is 2.08. The van der Waals surface area contributed by atoms with Crippen molar-refractivity contribution < 1.29 is 4.79 Å². The summed E-state index contributed by atoms with van der Waals surface area (Å²) in [6, 6.07) is 17.3. The third-order valence-electron chi connectivity index (χ3n) is 1.97. The summed E-state index contributed by atoms with van der Waals surface area (Å²) in [5, 5.41) is 0. The minimum Gasteiger partial charge on any atom is -0.298 e. The summed E-state index contributed by atoms with van der Waals surface area (Å²) in [5.41, 5.74) is 2.01. The number of aryl methyl sites for hydroxylation is 1. The molecule has 0 amide bonds. The van der Waals surface area contributed by atoms with Gasteiger partial charge in [-0.05, 0) is 19.1 Å². The number of carbonyl (C=O) groups is 1. The lowest BCUT2D eigenvalue weighted by atomic mass is 10.2. The fraction of sp³-hybridized carbons (Fsp3) is 0.0714. The molecule has 2 aromatic carbocycles. The number of thiol groups is 1. The van der Waals surface area contributed by atoms with Crippen LogP contribution >= 0.6 is 12.6 Å². The van der Waals surface area contributed by atoms with Crippen molar-refractivity contribution in [3.63, 3.8) is 0 Å². The highest BCUT2D eigenvalue weighted by molar-refractivity contribution is 7.80. The highest BCUT2D eigenvalue weighted by atomic mass is 32.1. The molecule has 0 saturated carbocycles. The van der Waals surface area contributed by atoms with E-state index >= 15 is 0 Å². The normalized spacial score (nSPS) is 8.88. The van der Waals surface area contributed by atoms with Gasteiger partial charge in [-0.15, -0.1) is 12.6 Å². The van der Waals surface area contributed by atoms with Crippen molar-refractivity contribution >= 4 is 18.9 Å². The van der Waals surface area contributed by atoms with Crippen LogP contribution in [-0.4, -0.2) is 6.29 Å². The van der Waals surface area contributed by atoms with Gasteiger partial charge in [-0.1, -0.05) is 48.0 Å². The van der Waals surface area contributed by atoms with E-state index in [-0.39, 0.29) is 0 Å². The maximum atomic E-state index is 10.1. The van der Waals surface area contributed by atoms with Crippen LogP contribution in [0.1, 0.15) is 15.9 Å². The standard InChI is InChI=1S/C7H6OS.C7H8/c8-5-6-1-3-7(9)4-2-6;1-7-5-3-2-4-6-7/h1-5,9H;2-6H,1H3. The zero-order valence-corrected chi connectivity index (χ0v) is 10.0. The largest absolute Gasteiger partial charge is 0.298 e. The summed E-state index contributed by atoms with van der Waals surface area (Å²) in [6.07, 6.45) is 0.813. The van der Waals surface area contributed by atoms with Crippen LogP contribution in [0.25, 0.3) is 0 Å². The maximum absolute atomic E-state index is 10.1. The van der Waals surface area contributed by atoms with Crippen molar-refractivity contribution in [2.24, 2.45) is 0 Å². The second-order valence-corrected chi connectivity index (χ2v) is 3.88. The molecular weight excluding hydrogens is 216 g/mol. The number of carbonyl (C=O) groups excluding carboxylic acids is 1. The SMILES string of the molecule is Cc1ccccc1.O=Cc1ccc(S)cc1. The first-order valence-electron chi connectivity index (χ1n) is 4.98. The van der Waals surface area contributed by atoms with E-state index < -0.39 is 0 Å². The molecule has 2 heteroatoms. The van der Waals surface area contributed by atoms with Crippen LogP contribution in [0.15, 0.2) is 59.5 Å². The maximum Gasteiger partial charge on any atom is 0.150 e. The van der Waals surface area contributed by atoms with Gasteiger partial charge in [0.15, 0.2) is 0 Å². The Morgan fingerprint density at radius 2 is 1.50 bits per heavy atom. The summed E-state index contributed by atoms with van der Waals surface area (Å²) in [5.74, 6) is 0. The van der Waals surface area contributed by atoms with Crippen molar-refractivity contribution in [2.45, 2.75) is 11.8 Å². The van der Waals surface area contributed by atoms with E-state index in [2.05, 4.69) is 31.7 Å². The minimum atomic E-state index is 0.688. The number of rotatable bonds is 1. The van der Waals surface area contributed by atoms with Crippen LogP contribution in [0.4, 0.5) is 0 Å². The molecule has 0 radical (unpaired) electrons. The fourth-order valence-electron chi connectivity index (χ4n) is 1.09. The van der Waals surface area contributed by atoms with Crippen molar-refractivity contribution in [1.29, 1.82) is 0 Å². The second-order valence-electron chi connectivity index (χ2n) is 3.36. The Morgan fingerprint density at radius 3 is 1.88 bits per heavy atom. The number of hydrogen-bond acceptors (Lipinski definition) is 2. The molecule has 0 aromatic heterocycles. The van der Waals surface area contributed by atoms with Gasteiger partial charge >= 0.3 is 0 Å². The Hall–Kier alpha value is -1.54. The zero-order valence-electron chi connectivity index (χ0n) is 9.13. The molecule has 0 bridgehead atoms. The Morgan fingerprint density at radius 1 is 0.938 bits per heavy atom. The van der Waals surface area contributed by atoms with Crippen LogP contribution in [-0.2, 0) is 0 Å². The predicted octanol–water partition coefficient (Wildman–Crippen LogP) is 3.78. The molecule has 0 N–H and O–H groups in total. The molecule has 16 heavy (non-hydrogen) atoms. The van der Waals surface area contributed by atoms with Crippen LogP contribution in [0, 0.1) is 6.92 Å². The summed E-state index contributed by atoms with van der Waals surface area (Å²) >= 11 is 4.05. The molecule has 0 unspecified atom stereocenters. The summed E-state index contributed by atoms with van der Waals surface area (Å²) < 4.78 is 0. The lowest BCUT2D eigenvalue weighted by molar-refractivity contribution is 0.112. The topological polar surface area (TPSA) is 17.1 Å². The lowest BCUT2D eigenvalue weighted by Gasteiger charge is -1.88. The van der Waals surface area contributed by atoms with Gasteiger partial charge in [-0.2, -0.15) is 0 Å². The molecule has 0 saturated heterocycles. The number of aldehydes is 1. The van der Waals surface area contributed by atoms with E-state index in [1.54, 1.807) is 24.3 Å². The van der Waals surface area contributed by atoms with Gasteiger partial charge in [0.25, 0.3) is 0 Å². The molecule has 0 aliphatic carbocycles. The molecular formula is C14H14OS. The van der Waals surface area contributed by atoms with E-state index in [1.165, 1.54) is 5.56 Å². The van der Waals surface area contributed by atoms with Crippen molar-refractivity contribution in [3.8, 4) is 0 Å². The van der Waals surface area contributed by atoms with E-state index in [4.69, 9.17) is 0 Å². The molecule has 0 atom stereocenters. The van der Waals surface area contributed by atoms with Gasteiger partial charge < -0.3 is 0 Å². The molecule has 1 nitrogen and oxygen atoms in total. The van der Waals surface area contributed by atoms with Gasteiger partial charge in [0, 0.05) is 10.5 Å². The third kappa shape index (κ3) is 4.80. The van der Waals surface area contributed by atoms with Crippen LogP contribution < -0.4 is 0 Å². The Balaban J connectivity index is 0.000000165. The lowest BCUT2D eigenvalue weighted by Crippen LogP contribution is -1.75. The second kappa shape index (κ2) is 6.85. The van der Waals surface area contributed by atoms with Crippen LogP contribution in [0.3, 0.4) is 0 Å². The smallest absolute Gasteiger partial charge is 0.150 e. The average molecular weight is 230 g/mol. The van der Waals surface area contributed by atoms with E-state index in [0.717, 1.165) is 11.2 Å². The predicted molar refractivity (Wildman–Crippen MR) is 70.3 cm³/mol. The van der Waals surface area contributed by atoms with Crippen LogP contribution in [0.5, 0.6) is 0 Å². The molecule has 0 fully saturated rings. The van der Waals surface area contributed by atoms with E-state index in [9.17, 15) is 4.79 Å². The first-order valence-corrected chi connectivity index (χ1v) is 5.43. The monoisotopic (exact) mass is 230 g/mol. The van der Waals surface area contributed by atoms with Crippen LogP contribution in [0.2, 0.25) is 0 Å². The molecule has 2 rings (SSSR count). The quantitative estimate of drug-likeness (QED) is 0.582. The number of benzene rings is 2. The molecule has 0 aliphatic heterocycles. The minimum absolute atomic E-state index is 0.688. The first kappa shape index (κ1) is 12.5. The first-order chi connectivity index (χ1) is 7.72. The fourth-order valence-corrected chi connectivity index (χ4v) is 1.24. The average Bonchev–Trinajstić information content (AvgIpc) is 2.32. The van der Waals surface area contributed by atoms with E-state index in [0.29, 0.717) is 5.56 Å². The van der Waals surface area contributed by atoms with Crippen molar-refractivity contribution in [3.05, 3.63) is 65.7 Å². The highest BCUT2D eigenvalue weighted by Gasteiger charge is 1.85. The van der Waals surface area contributed by atoms with Gasteiger partial charge in [-0.3, -0.25) is 4.79 Å². The molecule has 0 aliphatic rings. The Bertz CT molecular complexity index is 420.